The lowest BCUT2D eigenvalue weighted by atomic mass is 10.3. The van der Waals surface area contributed by atoms with Gasteiger partial charge in [0, 0.05) is 46.0 Å². The number of nitrogens with one attached hydrogen (secondary N) is 2. The standard InChI is InChI=1S/C11H21N5O2S/c1-15-9-11(13-10-15)19(17,18)14-3-2-6-16-7-4-12-5-8-16/h9-10,12,14H,2-8H2,1H3. The number of imidazole rings is 1. The van der Waals surface area contributed by atoms with Crippen molar-refractivity contribution in [2.45, 2.75) is 11.4 Å². The van der Waals surface area contributed by atoms with Crippen LogP contribution >= 0.6 is 0 Å². The summed E-state index contributed by atoms with van der Waals surface area (Å²) in [4.78, 5) is 6.19. The average molecular weight is 287 g/mol. The minimum Gasteiger partial charge on any atom is -0.339 e. The molecule has 108 valence electrons. The van der Waals surface area contributed by atoms with Crippen LogP contribution in [-0.2, 0) is 17.1 Å². The van der Waals surface area contributed by atoms with Gasteiger partial charge >= 0.3 is 0 Å². The lowest BCUT2D eigenvalue weighted by molar-refractivity contribution is 0.239. The molecule has 1 saturated heterocycles. The fraction of sp³-hybridized carbons (Fsp3) is 0.727. The van der Waals surface area contributed by atoms with Crippen molar-refractivity contribution < 1.29 is 8.42 Å². The molecule has 19 heavy (non-hydrogen) atoms. The molecular formula is C11H21N5O2S. The van der Waals surface area contributed by atoms with E-state index in [1.165, 1.54) is 12.5 Å². The molecule has 2 rings (SSSR count). The second kappa shape index (κ2) is 6.47. The maximum absolute atomic E-state index is 11.9. The van der Waals surface area contributed by atoms with Crippen LogP contribution in [-0.4, -0.2) is 62.1 Å². The number of rotatable bonds is 6. The second-order valence-corrected chi connectivity index (χ2v) is 6.43. The summed E-state index contributed by atoms with van der Waals surface area (Å²) in [6.07, 6.45) is 3.79. The number of aromatic nitrogens is 2. The third-order valence-electron chi connectivity index (χ3n) is 3.11. The molecule has 0 unspecified atom stereocenters. The zero-order valence-electron chi connectivity index (χ0n) is 11.2. The SMILES string of the molecule is Cn1cnc(S(=O)(=O)NCCCN2CCNCC2)c1. The van der Waals surface area contributed by atoms with Crippen molar-refractivity contribution in [1.29, 1.82) is 0 Å². The van der Waals surface area contributed by atoms with E-state index in [0.29, 0.717) is 6.54 Å². The van der Waals surface area contributed by atoms with Crippen LogP contribution in [0.4, 0.5) is 0 Å². The zero-order chi connectivity index (χ0) is 13.7. The Morgan fingerprint density at radius 2 is 2.16 bits per heavy atom. The Morgan fingerprint density at radius 3 is 2.79 bits per heavy atom. The number of aryl methyl sites for hydroxylation is 1. The van der Waals surface area contributed by atoms with Crippen LogP contribution in [0.1, 0.15) is 6.42 Å². The lowest BCUT2D eigenvalue weighted by Gasteiger charge is -2.26. The van der Waals surface area contributed by atoms with Gasteiger partial charge in [0.15, 0.2) is 5.03 Å². The van der Waals surface area contributed by atoms with Crippen LogP contribution in [0.15, 0.2) is 17.6 Å². The molecule has 0 bridgehead atoms. The minimum absolute atomic E-state index is 0.0807. The average Bonchev–Trinajstić information content (AvgIpc) is 2.84. The van der Waals surface area contributed by atoms with E-state index in [2.05, 4.69) is 19.9 Å². The van der Waals surface area contributed by atoms with Gasteiger partial charge in [0.25, 0.3) is 10.0 Å². The van der Waals surface area contributed by atoms with Gasteiger partial charge in [0.2, 0.25) is 0 Å². The Labute approximate surface area is 114 Å². The highest BCUT2D eigenvalue weighted by Gasteiger charge is 2.16. The highest BCUT2D eigenvalue weighted by atomic mass is 32.2. The first-order chi connectivity index (χ1) is 9.08. The summed E-state index contributed by atoms with van der Waals surface area (Å²) in [6.45, 7) is 5.47. The van der Waals surface area contributed by atoms with Gasteiger partial charge in [-0.3, -0.25) is 0 Å². The fourth-order valence-corrected chi connectivity index (χ4v) is 3.10. The van der Waals surface area contributed by atoms with Gasteiger partial charge in [-0.15, -0.1) is 0 Å². The molecule has 0 spiro atoms. The minimum atomic E-state index is -3.46. The van der Waals surface area contributed by atoms with Crippen LogP contribution in [0, 0.1) is 0 Å². The molecule has 1 fully saturated rings. The predicted molar refractivity (Wildman–Crippen MR) is 72.3 cm³/mol. The van der Waals surface area contributed by atoms with Crippen molar-refractivity contribution >= 4 is 10.0 Å². The van der Waals surface area contributed by atoms with Crippen molar-refractivity contribution in [3.8, 4) is 0 Å². The summed E-state index contributed by atoms with van der Waals surface area (Å²) in [6, 6.07) is 0. The number of piperazine rings is 1. The highest BCUT2D eigenvalue weighted by molar-refractivity contribution is 7.89. The third-order valence-corrected chi connectivity index (χ3v) is 4.45. The monoisotopic (exact) mass is 287 g/mol. The maximum atomic E-state index is 11.9. The molecule has 2 heterocycles. The van der Waals surface area contributed by atoms with E-state index in [-0.39, 0.29) is 5.03 Å². The van der Waals surface area contributed by atoms with Gasteiger partial charge < -0.3 is 14.8 Å². The smallest absolute Gasteiger partial charge is 0.259 e. The summed E-state index contributed by atoms with van der Waals surface area (Å²) in [5, 5.41) is 3.37. The summed E-state index contributed by atoms with van der Waals surface area (Å²) in [5.74, 6) is 0. The van der Waals surface area contributed by atoms with E-state index < -0.39 is 10.0 Å². The summed E-state index contributed by atoms with van der Waals surface area (Å²) in [5.41, 5.74) is 0. The van der Waals surface area contributed by atoms with Crippen molar-refractivity contribution in [3.63, 3.8) is 0 Å². The van der Waals surface area contributed by atoms with Gasteiger partial charge in [-0.1, -0.05) is 0 Å². The lowest BCUT2D eigenvalue weighted by Crippen LogP contribution is -2.44. The molecule has 1 aromatic heterocycles. The first-order valence-corrected chi connectivity index (χ1v) is 7.97. The molecule has 0 aliphatic carbocycles. The van der Waals surface area contributed by atoms with E-state index in [0.717, 1.165) is 39.1 Å². The zero-order valence-corrected chi connectivity index (χ0v) is 12.0. The molecule has 8 heteroatoms. The van der Waals surface area contributed by atoms with E-state index in [4.69, 9.17) is 0 Å². The molecule has 0 saturated carbocycles. The Bertz CT molecular complexity index is 493. The van der Waals surface area contributed by atoms with Crippen molar-refractivity contribution in [3.05, 3.63) is 12.5 Å². The molecule has 7 nitrogen and oxygen atoms in total. The topological polar surface area (TPSA) is 79.3 Å². The number of sulfonamides is 1. The molecule has 0 atom stereocenters. The quantitative estimate of drug-likeness (QED) is 0.656. The van der Waals surface area contributed by atoms with E-state index in [1.54, 1.807) is 11.6 Å². The van der Waals surface area contributed by atoms with Crippen LogP contribution in [0.25, 0.3) is 0 Å². The molecular weight excluding hydrogens is 266 g/mol. The van der Waals surface area contributed by atoms with E-state index >= 15 is 0 Å². The van der Waals surface area contributed by atoms with Gasteiger partial charge in [-0.25, -0.2) is 18.1 Å². The van der Waals surface area contributed by atoms with Gasteiger partial charge in [-0.05, 0) is 13.0 Å². The van der Waals surface area contributed by atoms with Crippen molar-refractivity contribution in [2.75, 3.05) is 39.3 Å². The van der Waals surface area contributed by atoms with Crippen LogP contribution in [0.5, 0.6) is 0 Å². The molecule has 1 aliphatic rings. The van der Waals surface area contributed by atoms with Crippen molar-refractivity contribution in [1.82, 2.24) is 24.5 Å². The van der Waals surface area contributed by atoms with Crippen LogP contribution in [0.2, 0.25) is 0 Å². The van der Waals surface area contributed by atoms with Crippen LogP contribution in [0.3, 0.4) is 0 Å². The van der Waals surface area contributed by atoms with Gasteiger partial charge in [0.1, 0.15) is 0 Å². The van der Waals surface area contributed by atoms with E-state index in [9.17, 15) is 8.42 Å². The molecule has 0 radical (unpaired) electrons. The Morgan fingerprint density at radius 1 is 1.42 bits per heavy atom. The Kier molecular flexibility index (Phi) is 4.92. The van der Waals surface area contributed by atoms with Crippen molar-refractivity contribution in [2.24, 2.45) is 7.05 Å². The number of nitrogens with zero attached hydrogens (tertiary/aromatic N) is 3. The second-order valence-electron chi connectivity index (χ2n) is 4.72. The summed E-state index contributed by atoms with van der Waals surface area (Å²) in [7, 11) is -1.71. The summed E-state index contributed by atoms with van der Waals surface area (Å²) >= 11 is 0. The van der Waals surface area contributed by atoms with Crippen LogP contribution < -0.4 is 10.0 Å². The molecule has 0 amide bonds. The van der Waals surface area contributed by atoms with Gasteiger partial charge in [0.05, 0.1) is 6.33 Å². The molecule has 0 aromatic carbocycles. The normalized spacial score (nSPS) is 17.7. The molecule has 2 N–H and O–H groups in total. The highest BCUT2D eigenvalue weighted by Crippen LogP contribution is 2.03. The first-order valence-electron chi connectivity index (χ1n) is 6.49. The maximum Gasteiger partial charge on any atom is 0.259 e. The molecule has 1 aromatic rings. The van der Waals surface area contributed by atoms with E-state index in [1.807, 2.05) is 0 Å². The largest absolute Gasteiger partial charge is 0.339 e. The fourth-order valence-electron chi connectivity index (χ4n) is 2.05. The van der Waals surface area contributed by atoms with Gasteiger partial charge in [-0.2, -0.15) is 0 Å². The number of hydrogen-bond acceptors (Lipinski definition) is 5. The number of hydrogen-bond donors (Lipinski definition) is 2. The first kappa shape index (κ1) is 14.4. The summed E-state index contributed by atoms with van der Waals surface area (Å²) < 4.78 is 28.0. The predicted octanol–water partition coefficient (Wildman–Crippen LogP) is -1.01. The third kappa shape index (κ3) is 4.27. The Hall–Kier alpha value is -0.960. The molecule has 1 aliphatic heterocycles. The Balaban J connectivity index is 1.72.